The summed E-state index contributed by atoms with van der Waals surface area (Å²) in [5, 5.41) is 7.67. The molecule has 0 fully saturated rings. The zero-order chi connectivity index (χ0) is 35.3. The monoisotopic (exact) mass is 675 g/mol. The Balaban J connectivity index is 1.10. The molecule has 10 aromatic rings. The number of hydrogen-bond acceptors (Lipinski definition) is 1. The fourth-order valence-electron chi connectivity index (χ4n) is 8.13. The van der Waals surface area contributed by atoms with Gasteiger partial charge in [0, 0.05) is 16.5 Å². The van der Waals surface area contributed by atoms with E-state index in [2.05, 4.69) is 152 Å². The summed E-state index contributed by atoms with van der Waals surface area (Å²) < 4.78 is 1.84. The molecule has 0 bridgehead atoms. The summed E-state index contributed by atoms with van der Waals surface area (Å²) in [4.78, 5) is 13.8. The molecule has 0 atom stereocenters. The predicted molar refractivity (Wildman–Crippen MR) is 224 cm³/mol. The van der Waals surface area contributed by atoms with Gasteiger partial charge in [-0.15, -0.1) is 0 Å². The van der Waals surface area contributed by atoms with Crippen LogP contribution in [-0.2, 0) is 0 Å². The molecule has 0 saturated carbocycles. The van der Waals surface area contributed by atoms with E-state index in [1.807, 2.05) is 53.1 Å². The first-order chi connectivity index (χ1) is 26.2. The van der Waals surface area contributed by atoms with Crippen LogP contribution in [-0.4, -0.2) is 4.57 Å². The zero-order valence-electron chi connectivity index (χ0n) is 28.9. The first-order valence-electron chi connectivity index (χ1n) is 18.1. The van der Waals surface area contributed by atoms with Gasteiger partial charge in [0.1, 0.15) is 0 Å². The minimum Gasteiger partial charge on any atom is -0.276 e. The fraction of sp³-hybridized carbons (Fsp3) is 0. The van der Waals surface area contributed by atoms with Crippen LogP contribution in [0.25, 0.3) is 93.4 Å². The highest BCUT2D eigenvalue weighted by Crippen LogP contribution is 2.44. The minimum absolute atomic E-state index is 0.00827. The second kappa shape index (κ2) is 12.6. The SMILES string of the molecule is O=c1c2ccccc2c2cc(-c3ccc(-c4c5ccccc5c(-c5ccc(-c6ccccc6)cc5)c5ccccc45)cc3)ccc2n1-c1ccccc1. The number of pyridine rings is 1. The molecule has 0 spiro atoms. The molecule has 9 aromatic carbocycles. The Labute approximate surface area is 307 Å². The van der Waals surface area contributed by atoms with Crippen LogP contribution in [0.2, 0.25) is 0 Å². The van der Waals surface area contributed by atoms with E-state index in [1.165, 1.54) is 54.9 Å². The molecule has 0 aliphatic rings. The van der Waals surface area contributed by atoms with Gasteiger partial charge in [0.05, 0.1) is 5.52 Å². The maximum absolute atomic E-state index is 13.8. The van der Waals surface area contributed by atoms with Gasteiger partial charge >= 0.3 is 0 Å². The van der Waals surface area contributed by atoms with Crippen molar-refractivity contribution < 1.29 is 0 Å². The molecule has 2 heteroatoms. The average molecular weight is 676 g/mol. The van der Waals surface area contributed by atoms with Gasteiger partial charge in [0.25, 0.3) is 5.56 Å². The van der Waals surface area contributed by atoms with E-state index in [4.69, 9.17) is 0 Å². The largest absolute Gasteiger partial charge is 0.276 e. The number of benzene rings is 9. The van der Waals surface area contributed by atoms with Crippen molar-refractivity contribution in [3.63, 3.8) is 0 Å². The number of rotatable bonds is 5. The summed E-state index contributed by atoms with van der Waals surface area (Å²) >= 11 is 0. The van der Waals surface area contributed by atoms with Crippen LogP contribution in [0.5, 0.6) is 0 Å². The van der Waals surface area contributed by atoms with Crippen LogP contribution in [0.3, 0.4) is 0 Å². The van der Waals surface area contributed by atoms with E-state index in [9.17, 15) is 4.79 Å². The first kappa shape index (κ1) is 30.8. The Morgan fingerprint density at radius 2 is 0.660 bits per heavy atom. The minimum atomic E-state index is -0.00827. The number of para-hydroxylation sites is 1. The van der Waals surface area contributed by atoms with Gasteiger partial charge in [-0.25, -0.2) is 0 Å². The number of aromatic nitrogens is 1. The molecule has 0 amide bonds. The maximum atomic E-state index is 13.8. The molecule has 0 aliphatic carbocycles. The topological polar surface area (TPSA) is 22.0 Å². The molecule has 0 aliphatic heterocycles. The Kier molecular flexibility index (Phi) is 7.33. The van der Waals surface area contributed by atoms with E-state index >= 15 is 0 Å². The maximum Gasteiger partial charge on any atom is 0.263 e. The third-order valence-corrected chi connectivity index (χ3v) is 10.6. The van der Waals surface area contributed by atoms with Crippen molar-refractivity contribution in [2.45, 2.75) is 0 Å². The molecule has 1 aromatic heterocycles. The van der Waals surface area contributed by atoms with Gasteiger partial charge in [-0.2, -0.15) is 0 Å². The van der Waals surface area contributed by atoms with Crippen LogP contribution >= 0.6 is 0 Å². The lowest BCUT2D eigenvalue weighted by atomic mass is 9.85. The van der Waals surface area contributed by atoms with Gasteiger partial charge in [-0.05, 0) is 102 Å². The summed E-state index contributed by atoms with van der Waals surface area (Å²) in [5.74, 6) is 0. The van der Waals surface area contributed by atoms with Crippen LogP contribution < -0.4 is 5.56 Å². The molecule has 53 heavy (non-hydrogen) atoms. The highest BCUT2D eigenvalue weighted by molar-refractivity contribution is 6.21. The third kappa shape index (κ3) is 5.15. The quantitative estimate of drug-likeness (QED) is 0.131. The number of fused-ring (bicyclic) bond motifs is 5. The molecule has 0 radical (unpaired) electrons. The van der Waals surface area contributed by atoms with E-state index in [-0.39, 0.29) is 5.56 Å². The molecular formula is C51H33NO. The lowest BCUT2D eigenvalue weighted by molar-refractivity contribution is 1.06. The molecule has 10 rings (SSSR count). The van der Waals surface area contributed by atoms with Crippen LogP contribution in [0.15, 0.2) is 205 Å². The Morgan fingerprint density at radius 1 is 0.283 bits per heavy atom. The molecule has 248 valence electrons. The smallest absolute Gasteiger partial charge is 0.263 e. The van der Waals surface area contributed by atoms with Crippen LogP contribution in [0.4, 0.5) is 0 Å². The van der Waals surface area contributed by atoms with Crippen molar-refractivity contribution in [3.8, 4) is 50.2 Å². The first-order valence-corrected chi connectivity index (χ1v) is 18.1. The van der Waals surface area contributed by atoms with Crippen LogP contribution in [0, 0.1) is 0 Å². The molecule has 1 heterocycles. The van der Waals surface area contributed by atoms with E-state index in [1.54, 1.807) is 0 Å². The second-order valence-corrected chi connectivity index (χ2v) is 13.6. The Bertz CT molecular complexity index is 2980. The van der Waals surface area contributed by atoms with Crippen molar-refractivity contribution >= 4 is 43.2 Å². The highest BCUT2D eigenvalue weighted by atomic mass is 16.1. The summed E-state index contributed by atoms with van der Waals surface area (Å²) in [5.41, 5.74) is 11.3. The van der Waals surface area contributed by atoms with Crippen LogP contribution in [0.1, 0.15) is 0 Å². The molecule has 0 saturated heterocycles. The van der Waals surface area contributed by atoms with Gasteiger partial charge < -0.3 is 0 Å². The van der Waals surface area contributed by atoms with Crippen molar-refractivity contribution in [3.05, 3.63) is 211 Å². The third-order valence-electron chi connectivity index (χ3n) is 10.6. The second-order valence-electron chi connectivity index (χ2n) is 13.6. The highest BCUT2D eigenvalue weighted by Gasteiger charge is 2.17. The molecule has 2 nitrogen and oxygen atoms in total. The van der Waals surface area contributed by atoms with Gasteiger partial charge in [0.2, 0.25) is 0 Å². The van der Waals surface area contributed by atoms with E-state index < -0.39 is 0 Å². The summed E-state index contributed by atoms with van der Waals surface area (Å²) in [6, 6.07) is 70.4. The van der Waals surface area contributed by atoms with Gasteiger partial charge in [-0.3, -0.25) is 9.36 Å². The number of hydrogen-bond donors (Lipinski definition) is 0. The number of nitrogens with zero attached hydrogens (tertiary/aromatic N) is 1. The predicted octanol–water partition coefficient (Wildman–Crippen LogP) is 13.1. The van der Waals surface area contributed by atoms with Crippen molar-refractivity contribution in [2.75, 3.05) is 0 Å². The van der Waals surface area contributed by atoms with E-state index in [0.29, 0.717) is 5.39 Å². The lowest BCUT2D eigenvalue weighted by Crippen LogP contribution is -2.19. The fourth-order valence-corrected chi connectivity index (χ4v) is 8.13. The van der Waals surface area contributed by atoms with Crippen molar-refractivity contribution in [1.29, 1.82) is 0 Å². The normalized spacial score (nSPS) is 11.5. The molecular weight excluding hydrogens is 643 g/mol. The average Bonchev–Trinajstić information content (AvgIpc) is 3.24. The van der Waals surface area contributed by atoms with Gasteiger partial charge in [0.15, 0.2) is 0 Å². The van der Waals surface area contributed by atoms with Crippen molar-refractivity contribution in [2.24, 2.45) is 0 Å². The van der Waals surface area contributed by atoms with E-state index in [0.717, 1.165) is 33.1 Å². The summed E-state index contributed by atoms with van der Waals surface area (Å²) in [6.07, 6.45) is 0. The summed E-state index contributed by atoms with van der Waals surface area (Å²) in [6.45, 7) is 0. The Hall–Kier alpha value is -7.03. The standard InChI is InChI=1S/C51H33NO/c53-51-46-22-12-7-17-41(46)47-33-39(31-32-48(47)52(51)40-15-5-2-6-16-40)36-25-29-38(30-26-36)50-44-20-10-8-18-42(44)49(43-19-9-11-21-45(43)50)37-27-23-35(24-28-37)34-13-3-1-4-14-34/h1-33H. The molecule has 0 unspecified atom stereocenters. The van der Waals surface area contributed by atoms with Gasteiger partial charge in [-0.1, -0.05) is 170 Å². The van der Waals surface area contributed by atoms with Crippen molar-refractivity contribution in [1.82, 2.24) is 4.57 Å². The molecule has 0 N–H and O–H groups in total. The summed E-state index contributed by atoms with van der Waals surface area (Å²) in [7, 11) is 0. The zero-order valence-corrected chi connectivity index (χ0v) is 28.9. The Morgan fingerprint density at radius 3 is 1.19 bits per heavy atom. The lowest BCUT2D eigenvalue weighted by Gasteiger charge is -2.18.